The molecule has 1 unspecified atom stereocenters. The minimum Gasteiger partial charge on any atom is -0.350 e. The third-order valence-corrected chi connectivity index (χ3v) is 4.65. The minimum absolute atomic E-state index is 0.113. The highest BCUT2D eigenvalue weighted by Crippen LogP contribution is 2.29. The summed E-state index contributed by atoms with van der Waals surface area (Å²) in [5.74, 6) is -0.113. The van der Waals surface area contributed by atoms with Crippen LogP contribution in [0.5, 0.6) is 0 Å². The monoisotopic (exact) mass is 356 g/mol. The van der Waals surface area contributed by atoms with Crippen LogP contribution in [0.4, 0.5) is 13.2 Å². The van der Waals surface area contributed by atoms with Crippen molar-refractivity contribution in [2.24, 2.45) is 0 Å². The zero-order chi connectivity index (χ0) is 17.7. The van der Waals surface area contributed by atoms with E-state index in [0.717, 1.165) is 22.6 Å². The number of nitrogens with one attached hydrogen (secondary N) is 1. The van der Waals surface area contributed by atoms with Gasteiger partial charge in [-0.1, -0.05) is 18.2 Å². The van der Waals surface area contributed by atoms with Gasteiger partial charge in [0.1, 0.15) is 0 Å². The zero-order valence-electron chi connectivity index (χ0n) is 13.4. The molecule has 0 spiro atoms. The summed E-state index contributed by atoms with van der Waals surface area (Å²) >= 11 is 1.57. The molecular weight excluding hydrogens is 337 g/mol. The van der Waals surface area contributed by atoms with Crippen LogP contribution in [-0.2, 0) is 24.1 Å². The van der Waals surface area contributed by atoms with Crippen molar-refractivity contribution < 1.29 is 18.0 Å². The lowest BCUT2D eigenvalue weighted by molar-refractivity contribution is -0.137. The molecule has 1 heterocycles. The van der Waals surface area contributed by atoms with E-state index >= 15 is 0 Å². The highest BCUT2D eigenvalue weighted by atomic mass is 32.1. The molecular formula is C17H19F3N2OS. The number of rotatable bonds is 6. The summed E-state index contributed by atoms with van der Waals surface area (Å²) in [6.45, 7) is 2.65. The summed E-state index contributed by atoms with van der Waals surface area (Å²) in [4.78, 5) is 15.0. The van der Waals surface area contributed by atoms with Crippen LogP contribution in [0.1, 0.15) is 22.9 Å². The summed E-state index contributed by atoms with van der Waals surface area (Å²) in [6.07, 6.45) is -4.33. The van der Waals surface area contributed by atoms with Gasteiger partial charge in [0.15, 0.2) is 0 Å². The molecule has 7 heteroatoms. The summed E-state index contributed by atoms with van der Waals surface area (Å²) in [7, 11) is 1.77. The number of carbonyl (C=O) groups excluding carboxylic acids is 1. The molecule has 0 aliphatic heterocycles. The number of likely N-dealkylation sites (N-methyl/N-ethyl adjacent to an activating group) is 1. The third-order valence-electron chi connectivity index (χ3n) is 3.77. The average Bonchev–Trinajstić information content (AvgIpc) is 3.05. The van der Waals surface area contributed by atoms with Crippen LogP contribution >= 0.6 is 11.3 Å². The molecule has 0 radical (unpaired) electrons. The Morgan fingerprint density at radius 1 is 1.25 bits per heavy atom. The SMILES string of the molecule is CC(C(=O)NCc1cccs1)N(C)Cc1ccc(C(F)(F)F)cc1. The first-order valence-electron chi connectivity index (χ1n) is 7.44. The number of hydrogen-bond acceptors (Lipinski definition) is 3. The molecule has 0 saturated heterocycles. The van der Waals surface area contributed by atoms with E-state index in [1.165, 1.54) is 12.1 Å². The van der Waals surface area contributed by atoms with Gasteiger partial charge in [-0.3, -0.25) is 9.69 Å². The molecule has 0 aliphatic rings. The molecule has 1 aromatic heterocycles. The predicted molar refractivity (Wildman–Crippen MR) is 88.5 cm³/mol. The van der Waals surface area contributed by atoms with Crippen LogP contribution < -0.4 is 5.32 Å². The molecule has 0 bridgehead atoms. The van der Waals surface area contributed by atoms with E-state index < -0.39 is 11.7 Å². The zero-order valence-corrected chi connectivity index (χ0v) is 14.2. The van der Waals surface area contributed by atoms with Gasteiger partial charge in [0.2, 0.25) is 5.91 Å². The predicted octanol–water partition coefficient (Wildman–Crippen LogP) is 3.90. The number of nitrogens with zero attached hydrogens (tertiary/aromatic N) is 1. The number of hydrogen-bond donors (Lipinski definition) is 1. The Morgan fingerprint density at radius 2 is 1.92 bits per heavy atom. The number of benzene rings is 1. The molecule has 1 amide bonds. The first kappa shape index (κ1) is 18.5. The Labute approximate surface area is 143 Å². The van der Waals surface area contributed by atoms with Gasteiger partial charge in [-0.25, -0.2) is 0 Å². The highest BCUT2D eigenvalue weighted by molar-refractivity contribution is 7.09. The van der Waals surface area contributed by atoms with E-state index in [4.69, 9.17) is 0 Å². The number of thiophene rings is 1. The Hall–Kier alpha value is -1.86. The molecule has 2 rings (SSSR count). The van der Waals surface area contributed by atoms with Crippen LogP contribution in [-0.4, -0.2) is 23.9 Å². The largest absolute Gasteiger partial charge is 0.416 e. The van der Waals surface area contributed by atoms with Gasteiger partial charge in [0.25, 0.3) is 0 Å². The van der Waals surface area contributed by atoms with E-state index in [9.17, 15) is 18.0 Å². The topological polar surface area (TPSA) is 32.3 Å². The fourth-order valence-electron chi connectivity index (χ4n) is 2.16. The minimum atomic E-state index is -4.33. The van der Waals surface area contributed by atoms with Crippen molar-refractivity contribution in [3.63, 3.8) is 0 Å². The van der Waals surface area contributed by atoms with E-state index in [2.05, 4.69) is 5.32 Å². The average molecular weight is 356 g/mol. The van der Waals surface area contributed by atoms with Gasteiger partial charge < -0.3 is 5.32 Å². The lowest BCUT2D eigenvalue weighted by Gasteiger charge is -2.24. The summed E-state index contributed by atoms with van der Waals surface area (Å²) in [5.41, 5.74) is 0.0547. The van der Waals surface area contributed by atoms with E-state index in [1.54, 1.807) is 30.2 Å². The van der Waals surface area contributed by atoms with Crippen molar-refractivity contribution in [2.45, 2.75) is 32.2 Å². The Balaban J connectivity index is 1.88. The van der Waals surface area contributed by atoms with Crippen molar-refractivity contribution in [1.82, 2.24) is 10.2 Å². The molecule has 1 N–H and O–H groups in total. The molecule has 0 fully saturated rings. The number of carbonyl (C=O) groups is 1. The van der Waals surface area contributed by atoms with Gasteiger partial charge in [0.05, 0.1) is 18.2 Å². The molecule has 1 atom stereocenters. The fraction of sp³-hybridized carbons (Fsp3) is 0.353. The van der Waals surface area contributed by atoms with Crippen LogP contribution in [0.3, 0.4) is 0 Å². The molecule has 24 heavy (non-hydrogen) atoms. The Morgan fingerprint density at radius 3 is 2.46 bits per heavy atom. The van der Waals surface area contributed by atoms with Crippen LogP contribution in [0.15, 0.2) is 41.8 Å². The second-order valence-electron chi connectivity index (χ2n) is 5.58. The van der Waals surface area contributed by atoms with Crippen molar-refractivity contribution in [3.05, 3.63) is 57.8 Å². The lowest BCUT2D eigenvalue weighted by Crippen LogP contribution is -2.42. The van der Waals surface area contributed by atoms with Gasteiger partial charge in [-0.15, -0.1) is 11.3 Å². The maximum absolute atomic E-state index is 12.6. The second kappa shape index (κ2) is 7.81. The highest BCUT2D eigenvalue weighted by Gasteiger charge is 2.30. The van der Waals surface area contributed by atoms with E-state index in [1.807, 2.05) is 17.5 Å². The van der Waals surface area contributed by atoms with Crippen molar-refractivity contribution in [1.29, 1.82) is 0 Å². The molecule has 0 aliphatic carbocycles. The van der Waals surface area contributed by atoms with Gasteiger partial charge in [-0.2, -0.15) is 13.2 Å². The molecule has 130 valence electrons. The number of alkyl halides is 3. The third kappa shape index (κ3) is 5.07. The smallest absolute Gasteiger partial charge is 0.350 e. The van der Waals surface area contributed by atoms with Crippen LogP contribution in [0.2, 0.25) is 0 Å². The summed E-state index contributed by atoms with van der Waals surface area (Å²) in [6, 6.07) is 8.49. The number of halogens is 3. The maximum Gasteiger partial charge on any atom is 0.416 e. The summed E-state index contributed by atoms with van der Waals surface area (Å²) < 4.78 is 37.7. The first-order valence-corrected chi connectivity index (χ1v) is 8.32. The van der Waals surface area contributed by atoms with Crippen LogP contribution in [0.25, 0.3) is 0 Å². The van der Waals surface area contributed by atoms with Crippen molar-refractivity contribution >= 4 is 17.2 Å². The maximum atomic E-state index is 12.6. The van der Waals surface area contributed by atoms with Gasteiger partial charge in [-0.05, 0) is 43.1 Å². The Kier molecular flexibility index (Phi) is 6.01. The lowest BCUT2D eigenvalue weighted by atomic mass is 10.1. The standard InChI is InChI=1S/C17H19F3N2OS/c1-12(16(23)21-10-15-4-3-9-24-15)22(2)11-13-5-7-14(8-6-13)17(18,19)20/h3-9,12H,10-11H2,1-2H3,(H,21,23). The summed E-state index contributed by atoms with van der Waals surface area (Å²) in [5, 5.41) is 4.81. The van der Waals surface area contributed by atoms with Crippen molar-refractivity contribution in [2.75, 3.05) is 7.05 Å². The molecule has 0 saturated carbocycles. The first-order chi connectivity index (χ1) is 11.3. The molecule has 2 aromatic rings. The van der Waals surface area contributed by atoms with Gasteiger partial charge >= 0.3 is 6.18 Å². The quantitative estimate of drug-likeness (QED) is 0.851. The fourth-order valence-corrected chi connectivity index (χ4v) is 2.80. The Bertz CT molecular complexity index is 653. The van der Waals surface area contributed by atoms with Crippen LogP contribution in [0, 0.1) is 0 Å². The van der Waals surface area contributed by atoms with Crippen molar-refractivity contribution in [3.8, 4) is 0 Å². The van der Waals surface area contributed by atoms with E-state index in [-0.39, 0.29) is 11.9 Å². The molecule has 1 aromatic carbocycles. The number of amides is 1. The van der Waals surface area contributed by atoms with Gasteiger partial charge in [0, 0.05) is 11.4 Å². The molecule has 3 nitrogen and oxygen atoms in total. The second-order valence-corrected chi connectivity index (χ2v) is 6.62. The normalized spacial score (nSPS) is 13.1. The van der Waals surface area contributed by atoms with E-state index in [0.29, 0.717) is 13.1 Å².